The first kappa shape index (κ1) is 21.6. The highest BCUT2D eigenvalue weighted by molar-refractivity contribution is 6.30. The number of amides is 1. The van der Waals surface area contributed by atoms with E-state index in [0.29, 0.717) is 29.4 Å². The quantitative estimate of drug-likeness (QED) is 0.399. The van der Waals surface area contributed by atoms with Crippen LogP contribution in [0.5, 0.6) is 0 Å². The number of hydrogen-bond acceptors (Lipinski definition) is 5. The van der Waals surface area contributed by atoms with Crippen LogP contribution in [0.3, 0.4) is 0 Å². The summed E-state index contributed by atoms with van der Waals surface area (Å²) in [5, 5.41) is 15.3. The van der Waals surface area contributed by atoms with Crippen molar-refractivity contribution >= 4 is 17.5 Å². The highest BCUT2D eigenvalue weighted by Gasteiger charge is 2.19. The SMILES string of the molecule is O=C(NC(NCc1ccc(Cl)cc1)c1cn(Cc2ccc(F)cc2)nn1)c1cccnc1. The number of nitrogens with one attached hydrogen (secondary N) is 2. The van der Waals surface area contributed by atoms with Crippen molar-refractivity contribution in [1.82, 2.24) is 30.6 Å². The minimum Gasteiger partial charge on any atom is -0.331 e. The van der Waals surface area contributed by atoms with E-state index in [2.05, 4.69) is 25.9 Å². The van der Waals surface area contributed by atoms with Gasteiger partial charge in [0.2, 0.25) is 0 Å². The second-order valence-corrected chi connectivity index (χ2v) is 7.56. The molecule has 1 unspecified atom stereocenters. The van der Waals surface area contributed by atoms with Crippen LogP contribution < -0.4 is 10.6 Å². The molecule has 0 bridgehead atoms. The molecular formula is C23H20ClFN6O. The van der Waals surface area contributed by atoms with Gasteiger partial charge in [-0.1, -0.05) is 41.1 Å². The normalized spacial score (nSPS) is 11.8. The molecule has 0 spiro atoms. The number of rotatable bonds is 8. The zero-order valence-electron chi connectivity index (χ0n) is 17.0. The lowest BCUT2D eigenvalue weighted by molar-refractivity contribution is 0.0927. The first-order valence-corrected chi connectivity index (χ1v) is 10.3. The molecule has 0 aliphatic heterocycles. The number of nitrogens with zero attached hydrogens (tertiary/aromatic N) is 4. The number of pyridine rings is 1. The van der Waals surface area contributed by atoms with Gasteiger partial charge in [-0.25, -0.2) is 9.07 Å². The van der Waals surface area contributed by atoms with E-state index in [-0.39, 0.29) is 11.7 Å². The van der Waals surface area contributed by atoms with Crippen molar-refractivity contribution in [2.24, 2.45) is 0 Å². The Bertz CT molecular complexity index is 1170. The number of carbonyl (C=O) groups is 1. The minimum absolute atomic E-state index is 0.292. The summed E-state index contributed by atoms with van der Waals surface area (Å²) < 4.78 is 14.8. The molecule has 162 valence electrons. The second kappa shape index (κ2) is 10.1. The summed E-state index contributed by atoms with van der Waals surface area (Å²) in [6.45, 7) is 0.897. The molecule has 0 saturated carbocycles. The third-order valence-corrected chi connectivity index (χ3v) is 4.98. The topological polar surface area (TPSA) is 84.7 Å². The minimum atomic E-state index is -0.597. The molecule has 2 aromatic carbocycles. The summed E-state index contributed by atoms with van der Waals surface area (Å²) in [7, 11) is 0. The Morgan fingerprint density at radius 1 is 1.06 bits per heavy atom. The van der Waals surface area contributed by atoms with Crippen LogP contribution in [0.1, 0.15) is 33.3 Å². The van der Waals surface area contributed by atoms with Crippen LogP contribution in [-0.4, -0.2) is 25.9 Å². The van der Waals surface area contributed by atoms with Crippen LogP contribution in [0.4, 0.5) is 4.39 Å². The summed E-state index contributed by atoms with van der Waals surface area (Å²) in [5.74, 6) is -0.586. The monoisotopic (exact) mass is 450 g/mol. The van der Waals surface area contributed by atoms with E-state index in [1.807, 2.05) is 12.1 Å². The average molecular weight is 451 g/mol. The summed E-state index contributed by atoms with van der Waals surface area (Å²) >= 11 is 5.96. The lowest BCUT2D eigenvalue weighted by atomic mass is 10.2. The summed E-state index contributed by atoms with van der Waals surface area (Å²) in [5.41, 5.74) is 2.85. The average Bonchev–Trinajstić information content (AvgIpc) is 3.28. The molecule has 0 saturated heterocycles. The molecule has 2 N–H and O–H groups in total. The first-order chi connectivity index (χ1) is 15.6. The van der Waals surface area contributed by atoms with E-state index >= 15 is 0 Å². The summed E-state index contributed by atoms with van der Waals surface area (Å²) in [6, 6.07) is 17.0. The fourth-order valence-corrected chi connectivity index (χ4v) is 3.19. The van der Waals surface area contributed by atoms with Crippen molar-refractivity contribution in [1.29, 1.82) is 0 Å². The van der Waals surface area contributed by atoms with Crippen molar-refractivity contribution in [3.05, 3.63) is 112 Å². The van der Waals surface area contributed by atoms with Gasteiger partial charge in [-0.05, 0) is 47.5 Å². The highest BCUT2D eigenvalue weighted by Crippen LogP contribution is 2.13. The van der Waals surface area contributed by atoms with Crippen LogP contribution in [0.25, 0.3) is 0 Å². The Morgan fingerprint density at radius 2 is 1.81 bits per heavy atom. The smallest absolute Gasteiger partial charge is 0.254 e. The van der Waals surface area contributed by atoms with Crippen LogP contribution in [0.15, 0.2) is 79.3 Å². The lowest BCUT2D eigenvalue weighted by Gasteiger charge is -2.18. The molecule has 7 nitrogen and oxygen atoms in total. The predicted molar refractivity (Wildman–Crippen MR) is 118 cm³/mol. The van der Waals surface area contributed by atoms with Gasteiger partial charge in [0.15, 0.2) is 0 Å². The fraction of sp³-hybridized carbons (Fsp3) is 0.130. The predicted octanol–water partition coefficient (Wildman–Crippen LogP) is 3.73. The Morgan fingerprint density at radius 3 is 2.53 bits per heavy atom. The Labute approximate surface area is 189 Å². The Hall–Kier alpha value is -3.62. The van der Waals surface area contributed by atoms with Gasteiger partial charge in [-0.15, -0.1) is 5.10 Å². The Kier molecular flexibility index (Phi) is 6.84. The van der Waals surface area contributed by atoms with Crippen LogP contribution >= 0.6 is 11.6 Å². The van der Waals surface area contributed by atoms with Gasteiger partial charge in [-0.3, -0.25) is 15.1 Å². The molecule has 1 atom stereocenters. The molecular weight excluding hydrogens is 431 g/mol. The van der Waals surface area contributed by atoms with Gasteiger partial charge < -0.3 is 5.32 Å². The van der Waals surface area contributed by atoms with E-state index < -0.39 is 6.17 Å². The van der Waals surface area contributed by atoms with E-state index in [1.54, 1.807) is 53.5 Å². The molecule has 1 amide bonds. The standard InChI is InChI=1S/C23H20ClFN6O/c24-19-7-3-16(4-8-19)12-27-22(28-23(32)18-2-1-11-26-13-18)21-15-31(30-29-21)14-17-5-9-20(25)10-6-17/h1-11,13,15,22,27H,12,14H2,(H,28,32). The summed E-state index contributed by atoms with van der Waals surface area (Å²) in [6.07, 6.45) is 4.25. The number of halogens is 2. The Balaban J connectivity index is 1.51. The third kappa shape index (κ3) is 5.75. The molecule has 0 radical (unpaired) electrons. The van der Waals surface area contributed by atoms with Gasteiger partial charge in [0.25, 0.3) is 5.91 Å². The molecule has 2 aromatic heterocycles. The number of hydrogen-bond donors (Lipinski definition) is 2. The largest absolute Gasteiger partial charge is 0.331 e. The van der Waals surface area contributed by atoms with Crippen LogP contribution in [0, 0.1) is 5.82 Å². The fourth-order valence-electron chi connectivity index (χ4n) is 3.06. The van der Waals surface area contributed by atoms with Crippen molar-refractivity contribution in [3.63, 3.8) is 0 Å². The van der Waals surface area contributed by atoms with Gasteiger partial charge in [-0.2, -0.15) is 0 Å². The number of carbonyl (C=O) groups excluding carboxylic acids is 1. The lowest BCUT2D eigenvalue weighted by Crippen LogP contribution is -2.38. The second-order valence-electron chi connectivity index (χ2n) is 7.12. The van der Waals surface area contributed by atoms with Crippen molar-refractivity contribution < 1.29 is 9.18 Å². The van der Waals surface area contributed by atoms with Crippen molar-refractivity contribution in [3.8, 4) is 0 Å². The zero-order chi connectivity index (χ0) is 22.3. The number of benzene rings is 2. The van der Waals surface area contributed by atoms with E-state index in [0.717, 1.165) is 11.1 Å². The third-order valence-electron chi connectivity index (χ3n) is 4.73. The summed E-state index contributed by atoms with van der Waals surface area (Å²) in [4.78, 5) is 16.7. The van der Waals surface area contributed by atoms with Crippen LogP contribution in [-0.2, 0) is 13.1 Å². The van der Waals surface area contributed by atoms with E-state index in [9.17, 15) is 9.18 Å². The van der Waals surface area contributed by atoms with Crippen molar-refractivity contribution in [2.75, 3.05) is 0 Å². The van der Waals surface area contributed by atoms with Crippen LogP contribution in [0.2, 0.25) is 5.02 Å². The van der Waals surface area contributed by atoms with Gasteiger partial charge in [0, 0.05) is 24.0 Å². The van der Waals surface area contributed by atoms with Gasteiger partial charge in [0.05, 0.1) is 18.3 Å². The molecule has 4 aromatic rings. The maximum atomic E-state index is 13.1. The van der Waals surface area contributed by atoms with E-state index in [4.69, 9.17) is 11.6 Å². The van der Waals surface area contributed by atoms with Gasteiger partial charge >= 0.3 is 0 Å². The molecule has 0 fully saturated rings. The first-order valence-electron chi connectivity index (χ1n) is 9.90. The zero-order valence-corrected chi connectivity index (χ0v) is 17.7. The molecule has 0 aliphatic carbocycles. The number of aromatic nitrogens is 4. The molecule has 0 aliphatic rings. The molecule has 2 heterocycles. The molecule has 4 rings (SSSR count). The maximum absolute atomic E-state index is 13.1. The maximum Gasteiger partial charge on any atom is 0.254 e. The molecule has 32 heavy (non-hydrogen) atoms. The van der Waals surface area contributed by atoms with Crippen molar-refractivity contribution in [2.45, 2.75) is 19.3 Å². The molecule has 9 heteroatoms. The highest BCUT2D eigenvalue weighted by atomic mass is 35.5. The van der Waals surface area contributed by atoms with Gasteiger partial charge in [0.1, 0.15) is 17.7 Å². The van der Waals surface area contributed by atoms with E-state index in [1.165, 1.54) is 18.3 Å².